The second kappa shape index (κ2) is 17.5. The van der Waals surface area contributed by atoms with Gasteiger partial charge in [-0.25, -0.2) is 14.4 Å². The maximum absolute atomic E-state index is 13.4. The number of anilines is 2. The van der Waals surface area contributed by atoms with Crippen LogP contribution >= 0.6 is 23.1 Å². The van der Waals surface area contributed by atoms with E-state index < -0.39 is 41.0 Å². The van der Waals surface area contributed by atoms with Gasteiger partial charge >= 0.3 is 18.2 Å². The van der Waals surface area contributed by atoms with E-state index in [9.17, 15) is 14.4 Å². The number of nitrogens with zero attached hydrogens (tertiary/aromatic N) is 1. The minimum absolute atomic E-state index is 0.0157. The number of benzene rings is 4. The Hall–Kier alpha value is -5.66. The Morgan fingerprint density at radius 3 is 1.82 bits per heavy atom. The summed E-state index contributed by atoms with van der Waals surface area (Å²) in [6, 6.07) is 24.3. The van der Waals surface area contributed by atoms with Gasteiger partial charge in [-0.3, -0.25) is 0 Å². The first-order valence-electron chi connectivity index (χ1n) is 19.4. The first kappa shape index (κ1) is 43.9. The van der Waals surface area contributed by atoms with E-state index in [4.69, 9.17) is 28.4 Å². The third-order valence-corrected chi connectivity index (χ3v) is 12.0. The molecular formula is C47H52N2O9S2. The number of methoxy groups -OCH3 is 3. The van der Waals surface area contributed by atoms with E-state index in [0.717, 1.165) is 54.5 Å². The molecular weight excluding hydrogens is 801 g/mol. The van der Waals surface area contributed by atoms with Crippen molar-refractivity contribution < 1.29 is 42.8 Å². The van der Waals surface area contributed by atoms with Gasteiger partial charge in [-0.05, 0) is 128 Å². The van der Waals surface area contributed by atoms with Crippen molar-refractivity contribution in [3.63, 3.8) is 0 Å². The maximum Gasteiger partial charge on any atom is 0.420 e. The first-order valence-corrected chi connectivity index (χ1v) is 21.2. The van der Waals surface area contributed by atoms with Crippen LogP contribution in [0.2, 0.25) is 0 Å². The number of carbonyl (C=O) groups is 3. The predicted octanol–water partition coefficient (Wildman–Crippen LogP) is 11.4. The van der Waals surface area contributed by atoms with Gasteiger partial charge in [-0.15, -0.1) is 23.1 Å². The third-order valence-electron chi connectivity index (χ3n) is 9.74. The number of hydrogen-bond acceptors (Lipinski definition) is 12. The summed E-state index contributed by atoms with van der Waals surface area (Å²) in [5.41, 5.74) is 2.73. The van der Waals surface area contributed by atoms with Crippen molar-refractivity contribution in [2.24, 2.45) is 0 Å². The minimum Gasteiger partial charge on any atom is -0.497 e. The zero-order chi connectivity index (χ0) is 43.6. The van der Waals surface area contributed by atoms with E-state index in [-0.39, 0.29) is 5.75 Å². The number of carbonyl (C=O) groups excluding carboxylic acids is 3. The molecule has 0 spiro atoms. The summed E-state index contributed by atoms with van der Waals surface area (Å²) in [4.78, 5) is 42.6. The Kier molecular flexibility index (Phi) is 12.8. The Morgan fingerprint density at radius 1 is 0.800 bits per heavy atom. The molecule has 316 valence electrons. The molecule has 0 radical (unpaired) electrons. The quantitative estimate of drug-likeness (QED) is 0.0776. The lowest BCUT2D eigenvalue weighted by molar-refractivity contribution is -0.145. The highest BCUT2D eigenvalue weighted by Gasteiger charge is 2.42. The topological polar surface area (TPSA) is 122 Å². The molecule has 0 bridgehead atoms. The average molecular weight is 853 g/mol. The van der Waals surface area contributed by atoms with Crippen LogP contribution in [0.4, 0.5) is 21.0 Å². The zero-order valence-electron chi connectivity index (χ0n) is 35.9. The molecule has 1 aliphatic rings. The van der Waals surface area contributed by atoms with Gasteiger partial charge in [0.1, 0.15) is 22.7 Å². The standard InChI is InChI=1S/C47H52N2O9S2/c1-28-29(2)60-39-26-37(41-36(40(28)39)24-25-47(56-41,30-12-18-33(53-9)19-13-30)31-14-20-34(54-10)21-15-31)48-32-16-22-35(23-17-32)59-27-38(42(50)55-11)49(43(51)57-45(3,4)5)44(52)58-46(6,7)8/h12-26,38,48H,27H2,1-11H3. The van der Waals surface area contributed by atoms with Crippen LogP contribution in [0, 0.1) is 13.8 Å². The fourth-order valence-electron chi connectivity index (χ4n) is 6.76. The van der Waals surface area contributed by atoms with Crippen molar-refractivity contribution in [1.82, 2.24) is 4.90 Å². The highest BCUT2D eigenvalue weighted by Crippen LogP contribution is 2.51. The van der Waals surface area contributed by atoms with Crippen LogP contribution < -0.4 is 19.5 Å². The van der Waals surface area contributed by atoms with Crippen LogP contribution in [0.1, 0.15) is 68.7 Å². The smallest absolute Gasteiger partial charge is 0.420 e. The van der Waals surface area contributed by atoms with E-state index in [1.807, 2.05) is 72.8 Å². The Bertz CT molecular complexity index is 2320. The molecule has 1 N–H and O–H groups in total. The molecule has 6 rings (SSSR count). The molecule has 0 saturated carbocycles. The Balaban J connectivity index is 1.33. The van der Waals surface area contributed by atoms with Crippen molar-refractivity contribution in [1.29, 1.82) is 0 Å². The van der Waals surface area contributed by atoms with Gasteiger partial charge in [0.15, 0.2) is 17.4 Å². The van der Waals surface area contributed by atoms with Crippen molar-refractivity contribution in [2.75, 3.05) is 32.4 Å². The molecule has 1 aliphatic heterocycles. The summed E-state index contributed by atoms with van der Waals surface area (Å²) in [5, 5.41) is 4.78. The molecule has 4 aromatic carbocycles. The SMILES string of the molecule is COC(=O)C(CSc1ccc(Nc2cc3sc(C)c(C)c3c3c2OC(c2ccc(OC)cc2)(c2ccc(OC)cc2)C=C3)cc1)N(C(=O)OC(C)(C)C)C(=O)OC(C)(C)C. The number of thioether (sulfide) groups is 1. The number of nitrogens with one attached hydrogen (secondary N) is 1. The summed E-state index contributed by atoms with van der Waals surface area (Å²) < 4.78 is 35.5. The largest absolute Gasteiger partial charge is 0.497 e. The maximum atomic E-state index is 13.4. The van der Waals surface area contributed by atoms with Crippen LogP contribution in [-0.4, -0.2) is 67.4 Å². The van der Waals surface area contributed by atoms with Crippen LogP contribution in [0.25, 0.3) is 16.2 Å². The fraction of sp³-hybridized carbons (Fsp3) is 0.340. The minimum atomic E-state index is -1.33. The summed E-state index contributed by atoms with van der Waals surface area (Å²) >= 11 is 3.02. The van der Waals surface area contributed by atoms with E-state index >= 15 is 0 Å². The van der Waals surface area contributed by atoms with E-state index in [0.29, 0.717) is 10.6 Å². The van der Waals surface area contributed by atoms with Gasteiger partial charge in [-0.1, -0.05) is 24.3 Å². The number of thiophene rings is 1. The summed E-state index contributed by atoms with van der Waals surface area (Å²) in [5.74, 6) is 1.37. The van der Waals surface area contributed by atoms with Crippen molar-refractivity contribution in [2.45, 2.75) is 83.1 Å². The zero-order valence-corrected chi connectivity index (χ0v) is 37.5. The molecule has 0 saturated heterocycles. The molecule has 0 aliphatic carbocycles. The van der Waals surface area contributed by atoms with Crippen LogP contribution in [-0.2, 0) is 24.6 Å². The second-order valence-electron chi connectivity index (χ2n) is 16.3. The third kappa shape index (κ3) is 9.53. The lowest BCUT2D eigenvalue weighted by Crippen LogP contribution is -2.53. The Labute approximate surface area is 359 Å². The summed E-state index contributed by atoms with van der Waals surface area (Å²) in [6.45, 7) is 14.3. The number of amides is 2. The van der Waals surface area contributed by atoms with Crippen LogP contribution in [0.15, 0.2) is 89.8 Å². The van der Waals surface area contributed by atoms with Crippen LogP contribution in [0.3, 0.4) is 0 Å². The summed E-state index contributed by atoms with van der Waals surface area (Å²) in [7, 11) is 4.50. The van der Waals surface area contributed by atoms with Gasteiger partial charge in [0.2, 0.25) is 0 Å². The van der Waals surface area contributed by atoms with Gasteiger partial charge < -0.3 is 33.7 Å². The van der Waals surface area contributed by atoms with Gasteiger partial charge in [0, 0.05) is 48.0 Å². The number of rotatable bonds is 11. The number of aryl methyl sites for hydroxylation is 2. The highest BCUT2D eigenvalue weighted by atomic mass is 32.2. The molecule has 1 aromatic heterocycles. The van der Waals surface area contributed by atoms with Crippen molar-refractivity contribution in [3.05, 3.63) is 112 Å². The number of hydrogen-bond donors (Lipinski definition) is 1. The van der Waals surface area contributed by atoms with E-state index in [1.54, 1.807) is 67.1 Å². The molecule has 0 fully saturated rings. The van der Waals surface area contributed by atoms with Crippen molar-refractivity contribution >= 4 is 68.8 Å². The molecule has 1 unspecified atom stereocenters. The van der Waals surface area contributed by atoms with E-state index in [2.05, 4.69) is 37.4 Å². The average Bonchev–Trinajstić information content (AvgIpc) is 3.49. The van der Waals surface area contributed by atoms with Gasteiger partial charge in [-0.2, -0.15) is 4.90 Å². The molecule has 13 heteroatoms. The second-order valence-corrected chi connectivity index (χ2v) is 18.6. The van der Waals surface area contributed by atoms with Crippen LogP contribution in [0.5, 0.6) is 17.2 Å². The predicted molar refractivity (Wildman–Crippen MR) is 238 cm³/mol. The van der Waals surface area contributed by atoms with E-state index in [1.165, 1.54) is 29.3 Å². The monoisotopic (exact) mass is 852 g/mol. The molecule has 11 nitrogen and oxygen atoms in total. The van der Waals surface area contributed by atoms with Gasteiger partial charge in [0.25, 0.3) is 0 Å². The Morgan fingerprint density at radius 2 is 1.33 bits per heavy atom. The number of imide groups is 1. The number of fused-ring (bicyclic) bond motifs is 3. The van der Waals surface area contributed by atoms with Crippen molar-refractivity contribution in [3.8, 4) is 17.2 Å². The molecule has 2 amide bonds. The molecule has 2 heterocycles. The lowest BCUT2D eigenvalue weighted by atomic mass is 9.83. The number of ether oxygens (including phenoxy) is 6. The molecule has 60 heavy (non-hydrogen) atoms. The first-order chi connectivity index (χ1) is 28.4. The lowest BCUT2D eigenvalue weighted by Gasteiger charge is -2.37. The number of esters is 1. The molecule has 1 atom stereocenters. The normalized spacial score (nSPS) is 13.7. The molecule has 5 aromatic rings. The fourth-order valence-corrected chi connectivity index (χ4v) is 8.85. The van der Waals surface area contributed by atoms with Gasteiger partial charge in [0.05, 0.1) is 27.0 Å². The summed E-state index contributed by atoms with van der Waals surface area (Å²) in [6.07, 6.45) is 2.26. The highest BCUT2D eigenvalue weighted by molar-refractivity contribution is 7.99.